The first-order valence-electron chi connectivity index (χ1n) is 9.32. The second-order valence-corrected chi connectivity index (χ2v) is 7.63. The number of hydrogen-bond donors (Lipinski definition) is 0. The first-order chi connectivity index (χ1) is 12.2. The van der Waals surface area contributed by atoms with Gasteiger partial charge in [-0.15, -0.1) is 0 Å². The summed E-state index contributed by atoms with van der Waals surface area (Å²) in [5, 5.41) is 0. The molecule has 4 rings (SSSR count). The number of amides is 1. The molecule has 1 aromatic heterocycles. The van der Waals surface area contributed by atoms with Gasteiger partial charge < -0.3 is 23.5 Å². The van der Waals surface area contributed by atoms with Gasteiger partial charge in [-0.1, -0.05) is 0 Å². The van der Waals surface area contributed by atoms with E-state index in [1.54, 1.807) is 6.26 Å². The molecule has 6 nitrogen and oxygen atoms in total. The number of likely N-dealkylation sites (tertiary alicyclic amines) is 1. The highest BCUT2D eigenvalue weighted by Crippen LogP contribution is 2.36. The van der Waals surface area contributed by atoms with Crippen LogP contribution < -0.4 is 0 Å². The van der Waals surface area contributed by atoms with Crippen LogP contribution in [0.5, 0.6) is 0 Å². The minimum absolute atomic E-state index is 0.0398. The Balaban J connectivity index is 1.27. The molecule has 25 heavy (non-hydrogen) atoms. The molecule has 1 atom stereocenters. The predicted octanol–water partition coefficient (Wildman–Crippen LogP) is 2.40. The maximum atomic E-state index is 12.5. The summed E-state index contributed by atoms with van der Waals surface area (Å²) < 4.78 is 22.9. The van der Waals surface area contributed by atoms with Crippen molar-refractivity contribution in [1.29, 1.82) is 0 Å². The third-order valence-electron chi connectivity index (χ3n) is 5.66. The summed E-state index contributed by atoms with van der Waals surface area (Å²) in [6.07, 6.45) is 5.81. The average Bonchev–Trinajstić information content (AvgIpc) is 3.04. The lowest BCUT2D eigenvalue weighted by molar-refractivity contribution is -0.189. The summed E-state index contributed by atoms with van der Waals surface area (Å²) in [5.74, 6) is 1.02. The van der Waals surface area contributed by atoms with Crippen molar-refractivity contribution < 1.29 is 23.4 Å². The van der Waals surface area contributed by atoms with Crippen LogP contribution >= 0.6 is 0 Å². The number of furan rings is 1. The fraction of sp³-hybridized carbons (Fsp3) is 0.737. The van der Waals surface area contributed by atoms with E-state index in [9.17, 15) is 4.79 Å². The number of hydrogen-bond acceptors (Lipinski definition) is 5. The highest BCUT2D eigenvalue weighted by molar-refractivity contribution is 5.93. The minimum Gasteiger partial charge on any atom is -0.459 e. The molecule has 6 heteroatoms. The van der Waals surface area contributed by atoms with Crippen LogP contribution in [0, 0.1) is 12.8 Å². The van der Waals surface area contributed by atoms with Crippen LogP contribution in [0.25, 0.3) is 0 Å². The Morgan fingerprint density at radius 2 is 2.08 bits per heavy atom. The van der Waals surface area contributed by atoms with Crippen molar-refractivity contribution in [2.45, 2.75) is 44.3 Å². The Kier molecular flexibility index (Phi) is 4.84. The van der Waals surface area contributed by atoms with E-state index in [4.69, 9.17) is 18.6 Å². The van der Waals surface area contributed by atoms with Crippen LogP contribution in [-0.4, -0.2) is 62.0 Å². The van der Waals surface area contributed by atoms with Gasteiger partial charge in [0, 0.05) is 38.4 Å². The van der Waals surface area contributed by atoms with Crippen molar-refractivity contribution in [3.8, 4) is 0 Å². The van der Waals surface area contributed by atoms with E-state index in [0.29, 0.717) is 31.4 Å². The fourth-order valence-corrected chi connectivity index (χ4v) is 4.06. The van der Waals surface area contributed by atoms with Gasteiger partial charge in [-0.3, -0.25) is 4.79 Å². The molecule has 3 aliphatic heterocycles. The molecule has 0 aliphatic carbocycles. The lowest BCUT2D eigenvalue weighted by atomic mass is 9.84. The van der Waals surface area contributed by atoms with E-state index in [1.807, 2.05) is 17.9 Å². The van der Waals surface area contributed by atoms with Gasteiger partial charge in [0.15, 0.2) is 5.76 Å². The van der Waals surface area contributed by atoms with Crippen molar-refractivity contribution in [2.75, 3.05) is 39.5 Å². The first kappa shape index (κ1) is 17.1. The monoisotopic (exact) mass is 349 g/mol. The molecule has 3 aliphatic rings. The molecule has 1 amide bonds. The van der Waals surface area contributed by atoms with Crippen LogP contribution in [0.15, 0.2) is 16.7 Å². The Morgan fingerprint density at radius 1 is 1.28 bits per heavy atom. The van der Waals surface area contributed by atoms with Crippen molar-refractivity contribution >= 4 is 5.91 Å². The smallest absolute Gasteiger partial charge is 0.290 e. The topological polar surface area (TPSA) is 61.1 Å². The highest BCUT2D eigenvalue weighted by Gasteiger charge is 2.50. The zero-order valence-corrected chi connectivity index (χ0v) is 14.9. The molecule has 4 heterocycles. The molecule has 1 spiro atoms. The Bertz CT molecular complexity index is 601. The second-order valence-electron chi connectivity index (χ2n) is 7.63. The van der Waals surface area contributed by atoms with Gasteiger partial charge >= 0.3 is 0 Å². The molecule has 0 saturated carbocycles. The summed E-state index contributed by atoms with van der Waals surface area (Å²) >= 11 is 0. The van der Waals surface area contributed by atoms with Crippen LogP contribution in [0.3, 0.4) is 0 Å². The molecule has 1 unspecified atom stereocenters. The lowest BCUT2D eigenvalue weighted by Gasteiger charge is -2.52. The van der Waals surface area contributed by atoms with Gasteiger partial charge in [-0.05, 0) is 38.2 Å². The molecule has 0 bridgehead atoms. The molecular formula is C19H27NO5. The van der Waals surface area contributed by atoms with Crippen molar-refractivity contribution in [2.24, 2.45) is 5.92 Å². The quantitative estimate of drug-likeness (QED) is 0.835. The number of ether oxygens (including phenoxy) is 3. The van der Waals surface area contributed by atoms with E-state index < -0.39 is 0 Å². The van der Waals surface area contributed by atoms with Crippen LogP contribution in [0.1, 0.15) is 41.8 Å². The SMILES string of the molecule is Cc1ccoc1C(=O)N1CC2(CC(OCC3CCOCC3)CCO2)C1. The van der Waals surface area contributed by atoms with Gasteiger partial charge in [0.05, 0.1) is 25.5 Å². The van der Waals surface area contributed by atoms with Gasteiger partial charge in [0.1, 0.15) is 5.60 Å². The molecule has 0 N–H and O–H groups in total. The minimum atomic E-state index is -0.227. The lowest BCUT2D eigenvalue weighted by Crippen LogP contribution is -2.67. The van der Waals surface area contributed by atoms with Crippen LogP contribution in [-0.2, 0) is 14.2 Å². The maximum Gasteiger partial charge on any atom is 0.290 e. The Labute approximate surface area is 148 Å². The number of aryl methyl sites for hydroxylation is 1. The average molecular weight is 349 g/mol. The summed E-state index contributed by atoms with van der Waals surface area (Å²) in [6, 6.07) is 1.82. The summed E-state index contributed by atoms with van der Waals surface area (Å²) in [4.78, 5) is 14.3. The van der Waals surface area contributed by atoms with Crippen molar-refractivity contribution in [3.05, 3.63) is 23.7 Å². The zero-order chi connectivity index (χ0) is 17.3. The summed E-state index contributed by atoms with van der Waals surface area (Å²) in [6.45, 7) is 6.39. The van der Waals surface area contributed by atoms with Crippen LogP contribution in [0.2, 0.25) is 0 Å². The van der Waals surface area contributed by atoms with Gasteiger partial charge in [0.25, 0.3) is 5.91 Å². The van der Waals surface area contributed by atoms with E-state index in [0.717, 1.165) is 51.1 Å². The third kappa shape index (κ3) is 3.61. The van der Waals surface area contributed by atoms with E-state index in [1.165, 1.54) is 0 Å². The third-order valence-corrected chi connectivity index (χ3v) is 5.66. The molecule has 3 fully saturated rings. The maximum absolute atomic E-state index is 12.5. The van der Waals surface area contributed by atoms with E-state index in [2.05, 4.69) is 0 Å². The number of nitrogens with zero attached hydrogens (tertiary/aromatic N) is 1. The first-order valence-corrected chi connectivity index (χ1v) is 9.32. The van der Waals surface area contributed by atoms with E-state index >= 15 is 0 Å². The largest absolute Gasteiger partial charge is 0.459 e. The predicted molar refractivity (Wildman–Crippen MR) is 90.5 cm³/mol. The fourth-order valence-electron chi connectivity index (χ4n) is 4.06. The molecule has 1 aromatic rings. The number of carbonyl (C=O) groups is 1. The van der Waals surface area contributed by atoms with Gasteiger partial charge in [-0.25, -0.2) is 0 Å². The van der Waals surface area contributed by atoms with E-state index in [-0.39, 0.29) is 17.6 Å². The van der Waals surface area contributed by atoms with Gasteiger partial charge in [0.2, 0.25) is 0 Å². The van der Waals surface area contributed by atoms with Crippen molar-refractivity contribution in [3.63, 3.8) is 0 Å². The Morgan fingerprint density at radius 3 is 2.80 bits per heavy atom. The van der Waals surface area contributed by atoms with Gasteiger partial charge in [-0.2, -0.15) is 0 Å². The molecule has 0 aromatic carbocycles. The summed E-state index contributed by atoms with van der Waals surface area (Å²) in [5.41, 5.74) is 0.655. The molecule has 0 radical (unpaired) electrons. The molecule has 3 saturated heterocycles. The summed E-state index contributed by atoms with van der Waals surface area (Å²) in [7, 11) is 0. The standard InChI is InChI=1S/C19H27NO5/c1-14-2-8-23-17(14)18(21)20-12-19(13-20)10-16(5-9-25-19)24-11-15-3-6-22-7-4-15/h2,8,15-16H,3-7,9-13H2,1H3. The second kappa shape index (κ2) is 7.09. The number of carbonyl (C=O) groups excluding carboxylic acids is 1. The van der Waals surface area contributed by atoms with Crippen LogP contribution in [0.4, 0.5) is 0 Å². The molecule has 138 valence electrons. The zero-order valence-electron chi connectivity index (χ0n) is 14.9. The normalized spacial score (nSPS) is 26.6. The number of rotatable bonds is 4. The highest BCUT2D eigenvalue weighted by atomic mass is 16.5. The molecular weight excluding hydrogens is 322 g/mol. The Hall–Kier alpha value is -1.37. The van der Waals surface area contributed by atoms with Crippen molar-refractivity contribution in [1.82, 2.24) is 4.90 Å².